The van der Waals surface area contributed by atoms with E-state index in [1.165, 1.54) is 11.1 Å². The van der Waals surface area contributed by atoms with Crippen molar-refractivity contribution in [2.75, 3.05) is 51.3 Å². The van der Waals surface area contributed by atoms with E-state index in [2.05, 4.69) is 51.4 Å². The predicted molar refractivity (Wildman–Crippen MR) is 119 cm³/mol. The highest BCUT2D eigenvalue weighted by Gasteiger charge is 2.18. The van der Waals surface area contributed by atoms with Crippen LogP contribution in [-0.4, -0.2) is 65.5 Å². The predicted octanol–water partition coefficient (Wildman–Crippen LogP) is 3.60. The Balaban J connectivity index is 1.42. The fraction of sp³-hybridized carbons (Fsp3) is 0.600. The molecule has 8 heteroatoms. The SMILES string of the molecule is CCOCCCNc1nn(CN2CCN(Cc3cccc(C)c3)CC2)c(=S)s1. The summed E-state index contributed by atoms with van der Waals surface area (Å²) in [5, 5.41) is 8.90. The average Bonchev–Trinajstić information content (AvgIpc) is 3.02. The highest BCUT2D eigenvalue weighted by molar-refractivity contribution is 7.73. The molecule has 0 atom stereocenters. The summed E-state index contributed by atoms with van der Waals surface area (Å²) in [4.78, 5) is 4.96. The van der Waals surface area contributed by atoms with Gasteiger partial charge in [-0.25, -0.2) is 4.68 Å². The lowest BCUT2D eigenvalue weighted by Crippen LogP contribution is -2.46. The van der Waals surface area contributed by atoms with Gasteiger partial charge in [0.05, 0.1) is 6.67 Å². The molecule has 28 heavy (non-hydrogen) atoms. The van der Waals surface area contributed by atoms with E-state index in [1.54, 1.807) is 11.3 Å². The number of hydrogen-bond donors (Lipinski definition) is 1. The van der Waals surface area contributed by atoms with E-state index < -0.39 is 0 Å². The zero-order valence-electron chi connectivity index (χ0n) is 16.9. The molecule has 0 radical (unpaired) electrons. The van der Waals surface area contributed by atoms with Crippen molar-refractivity contribution in [3.05, 3.63) is 39.3 Å². The molecule has 154 valence electrons. The monoisotopic (exact) mass is 421 g/mol. The maximum Gasteiger partial charge on any atom is 0.204 e. The molecule has 0 bridgehead atoms. The van der Waals surface area contributed by atoms with E-state index in [1.807, 2.05) is 11.6 Å². The van der Waals surface area contributed by atoms with Crippen molar-refractivity contribution in [3.63, 3.8) is 0 Å². The van der Waals surface area contributed by atoms with Crippen LogP contribution in [0.15, 0.2) is 24.3 Å². The summed E-state index contributed by atoms with van der Waals surface area (Å²) in [6.45, 7) is 12.6. The van der Waals surface area contributed by atoms with Gasteiger partial charge in [-0.15, -0.1) is 5.10 Å². The maximum absolute atomic E-state index is 5.50. The van der Waals surface area contributed by atoms with Gasteiger partial charge in [-0.2, -0.15) is 0 Å². The average molecular weight is 422 g/mol. The number of anilines is 1. The number of aromatic nitrogens is 2. The molecule has 1 saturated heterocycles. The van der Waals surface area contributed by atoms with E-state index in [0.717, 1.165) is 74.7 Å². The van der Waals surface area contributed by atoms with Crippen LogP contribution in [0.2, 0.25) is 0 Å². The quantitative estimate of drug-likeness (QED) is 0.467. The van der Waals surface area contributed by atoms with Crippen LogP contribution in [-0.2, 0) is 18.0 Å². The smallest absolute Gasteiger partial charge is 0.204 e. The normalized spacial score (nSPS) is 15.8. The van der Waals surface area contributed by atoms with Crippen LogP contribution in [0.5, 0.6) is 0 Å². The molecule has 0 spiro atoms. The van der Waals surface area contributed by atoms with Crippen LogP contribution in [0.3, 0.4) is 0 Å². The minimum absolute atomic E-state index is 0.770. The van der Waals surface area contributed by atoms with Crippen molar-refractivity contribution in [2.45, 2.75) is 33.5 Å². The van der Waals surface area contributed by atoms with Gasteiger partial charge in [0.1, 0.15) is 0 Å². The molecular formula is C20H31N5OS2. The third-order valence-corrected chi connectivity index (χ3v) is 6.11. The summed E-state index contributed by atoms with van der Waals surface area (Å²) in [6, 6.07) is 8.80. The Hall–Kier alpha value is -1.32. The Morgan fingerprint density at radius 1 is 1.21 bits per heavy atom. The third kappa shape index (κ3) is 6.63. The highest BCUT2D eigenvalue weighted by atomic mass is 32.1. The molecule has 1 fully saturated rings. The lowest BCUT2D eigenvalue weighted by Gasteiger charge is -2.34. The molecule has 1 aromatic heterocycles. The minimum atomic E-state index is 0.770. The lowest BCUT2D eigenvalue weighted by atomic mass is 10.1. The summed E-state index contributed by atoms with van der Waals surface area (Å²) in [7, 11) is 0. The number of nitrogens with zero attached hydrogens (tertiary/aromatic N) is 4. The topological polar surface area (TPSA) is 45.6 Å². The second-order valence-electron chi connectivity index (χ2n) is 7.17. The van der Waals surface area contributed by atoms with Gasteiger partial charge in [0.25, 0.3) is 0 Å². The molecule has 1 aromatic carbocycles. The highest BCUT2D eigenvalue weighted by Crippen LogP contribution is 2.16. The van der Waals surface area contributed by atoms with Crippen molar-refractivity contribution in [2.24, 2.45) is 0 Å². The van der Waals surface area contributed by atoms with Crippen LogP contribution in [0.4, 0.5) is 5.13 Å². The standard InChI is InChI=1S/C20H31N5OS2/c1-3-26-13-5-8-21-19-22-25(20(27)28-19)16-24-11-9-23(10-12-24)15-18-7-4-6-17(2)14-18/h4,6-7,14H,3,5,8-13,15-16H2,1-2H3,(H,21,22). The Morgan fingerprint density at radius 3 is 2.75 bits per heavy atom. The van der Waals surface area contributed by atoms with Gasteiger partial charge >= 0.3 is 0 Å². The number of aryl methyl sites for hydroxylation is 1. The number of hydrogen-bond acceptors (Lipinski definition) is 7. The zero-order valence-corrected chi connectivity index (χ0v) is 18.5. The third-order valence-electron chi connectivity index (χ3n) is 4.84. The summed E-state index contributed by atoms with van der Waals surface area (Å²) < 4.78 is 8.13. The fourth-order valence-electron chi connectivity index (χ4n) is 3.33. The molecule has 0 unspecified atom stereocenters. The first-order chi connectivity index (χ1) is 13.6. The van der Waals surface area contributed by atoms with Crippen LogP contribution < -0.4 is 5.32 Å². The van der Waals surface area contributed by atoms with E-state index in [4.69, 9.17) is 17.0 Å². The lowest BCUT2D eigenvalue weighted by molar-refractivity contribution is 0.0985. The van der Waals surface area contributed by atoms with Crippen molar-refractivity contribution < 1.29 is 4.74 Å². The number of ether oxygens (including phenoxy) is 1. The first kappa shape index (κ1) is 21.4. The number of piperazine rings is 1. The molecule has 1 aliphatic heterocycles. The van der Waals surface area contributed by atoms with Crippen molar-refractivity contribution in [1.29, 1.82) is 0 Å². The number of nitrogens with one attached hydrogen (secondary N) is 1. The second-order valence-corrected chi connectivity index (χ2v) is 8.80. The maximum atomic E-state index is 5.50. The minimum Gasteiger partial charge on any atom is -0.382 e. The molecule has 3 rings (SSSR count). The van der Waals surface area contributed by atoms with Crippen LogP contribution >= 0.6 is 23.6 Å². The number of benzene rings is 1. The van der Waals surface area contributed by atoms with E-state index in [-0.39, 0.29) is 0 Å². The Bertz CT molecular complexity index is 783. The second kappa shape index (κ2) is 11.0. The summed E-state index contributed by atoms with van der Waals surface area (Å²) in [5.74, 6) is 0. The van der Waals surface area contributed by atoms with Gasteiger partial charge < -0.3 is 10.1 Å². The van der Waals surface area contributed by atoms with Crippen molar-refractivity contribution in [3.8, 4) is 0 Å². The first-order valence-corrected chi connectivity index (χ1v) is 11.3. The van der Waals surface area contributed by atoms with Gasteiger partial charge in [-0.3, -0.25) is 9.80 Å². The van der Waals surface area contributed by atoms with Gasteiger partial charge in [0.2, 0.25) is 5.13 Å². The fourth-order valence-corrected chi connectivity index (χ4v) is 4.35. The van der Waals surface area contributed by atoms with Crippen LogP contribution in [0.25, 0.3) is 0 Å². The van der Waals surface area contributed by atoms with Crippen molar-refractivity contribution >= 4 is 28.7 Å². The molecule has 0 saturated carbocycles. The molecule has 0 amide bonds. The Kier molecular flexibility index (Phi) is 8.42. The Labute approximate surface area is 177 Å². The molecular weight excluding hydrogens is 390 g/mol. The molecule has 2 aromatic rings. The van der Waals surface area contributed by atoms with Crippen LogP contribution in [0.1, 0.15) is 24.5 Å². The van der Waals surface area contributed by atoms with Gasteiger partial charge in [0.15, 0.2) is 3.95 Å². The van der Waals surface area contributed by atoms with E-state index in [9.17, 15) is 0 Å². The van der Waals surface area contributed by atoms with Crippen molar-refractivity contribution in [1.82, 2.24) is 19.6 Å². The van der Waals surface area contributed by atoms with Gasteiger partial charge in [-0.05, 0) is 38.0 Å². The number of rotatable bonds is 10. The summed E-state index contributed by atoms with van der Waals surface area (Å²) in [5.41, 5.74) is 2.73. The van der Waals surface area contributed by atoms with E-state index >= 15 is 0 Å². The molecule has 2 heterocycles. The first-order valence-electron chi connectivity index (χ1n) is 10.0. The zero-order chi connectivity index (χ0) is 19.8. The molecule has 1 N–H and O–H groups in total. The molecule has 1 aliphatic rings. The van der Waals surface area contributed by atoms with Gasteiger partial charge in [0, 0.05) is 52.5 Å². The van der Waals surface area contributed by atoms with Gasteiger partial charge in [-0.1, -0.05) is 41.2 Å². The van der Waals surface area contributed by atoms with E-state index in [0.29, 0.717) is 0 Å². The Morgan fingerprint density at radius 2 is 2.00 bits per heavy atom. The molecule has 6 nitrogen and oxygen atoms in total. The summed E-state index contributed by atoms with van der Waals surface area (Å²) in [6.07, 6.45) is 0.975. The largest absolute Gasteiger partial charge is 0.382 e. The summed E-state index contributed by atoms with van der Waals surface area (Å²) >= 11 is 7.05. The van der Waals surface area contributed by atoms with Crippen LogP contribution in [0, 0.1) is 10.9 Å². The molecule has 0 aliphatic carbocycles.